The Balaban J connectivity index is 2.36. The first-order valence-electron chi connectivity index (χ1n) is 5.03. The molecule has 0 fully saturated rings. The van der Waals surface area contributed by atoms with Crippen LogP contribution in [-0.4, -0.2) is 11.2 Å². The first-order chi connectivity index (χ1) is 7.08. The molecule has 0 aliphatic rings. The molecular weight excluding hydrogens is 206 g/mol. The standard InChI is InChI=1S/C12H17NOS/c1-9-3-5-11(6-4-9)8-15-10(2)7-12(13)14/h3-6,10H,7-8H2,1-2H3,(H2,13,14). The molecule has 15 heavy (non-hydrogen) atoms. The summed E-state index contributed by atoms with van der Waals surface area (Å²) in [7, 11) is 0. The zero-order valence-electron chi connectivity index (χ0n) is 9.19. The zero-order chi connectivity index (χ0) is 11.3. The lowest BCUT2D eigenvalue weighted by molar-refractivity contribution is -0.117. The minimum atomic E-state index is -0.223. The van der Waals surface area contributed by atoms with Crippen LogP contribution in [0.15, 0.2) is 24.3 Å². The van der Waals surface area contributed by atoms with Crippen LogP contribution in [0.2, 0.25) is 0 Å². The summed E-state index contributed by atoms with van der Waals surface area (Å²) in [6.45, 7) is 4.11. The van der Waals surface area contributed by atoms with Crippen molar-refractivity contribution < 1.29 is 4.79 Å². The Labute approximate surface area is 95.2 Å². The second kappa shape index (κ2) is 5.81. The van der Waals surface area contributed by atoms with Gasteiger partial charge in [-0.3, -0.25) is 4.79 Å². The van der Waals surface area contributed by atoms with E-state index in [1.807, 2.05) is 6.92 Å². The minimum absolute atomic E-state index is 0.223. The Hall–Kier alpha value is -0.960. The van der Waals surface area contributed by atoms with Crippen LogP contribution >= 0.6 is 11.8 Å². The molecule has 82 valence electrons. The molecular formula is C12H17NOS. The van der Waals surface area contributed by atoms with Gasteiger partial charge < -0.3 is 5.73 Å². The van der Waals surface area contributed by atoms with Crippen molar-refractivity contribution >= 4 is 17.7 Å². The van der Waals surface area contributed by atoms with Crippen LogP contribution < -0.4 is 5.73 Å². The molecule has 0 saturated heterocycles. The maximum atomic E-state index is 10.7. The van der Waals surface area contributed by atoms with E-state index in [1.54, 1.807) is 11.8 Å². The van der Waals surface area contributed by atoms with Crippen LogP contribution in [0.4, 0.5) is 0 Å². The smallest absolute Gasteiger partial charge is 0.218 e. The number of benzene rings is 1. The first-order valence-corrected chi connectivity index (χ1v) is 6.08. The molecule has 1 aromatic carbocycles. The molecule has 0 aliphatic carbocycles. The molecule has 0 heterocycles. The Kier molecular flexibility index (Phi) is 4.69. The van der Waals surface area contributed by atoms with Gasteiger partial charge in [0.05, 0.1) is 0 Å². The molecule has 0 bridgehead atoms. The molecule has 1 rings (SSSR count). The number of hydrogen-bond donors (Lipinski definition) is 1. The third kappa shape index (κ3) is 4.88. The molecule has 1 amide bonds. The van der Waals surface area contributed by atoms with Gasteiger partial charge in [-0.15, -0.1) is 0 Å². The Morgan fingerprint density at radius 2 is 2.00 bits per heavy atom. The number of carbonyl (C=O) groups excluding carboxylic acids is 1. The van der Waals surface area contributed by atoms with E-state index in [4.69, 9.17) is 5.73 Å². The van der Waals surface area contributed by atoms with Crippen molar-refractivity contribution in [1.82, 2.24) is 0 Å². The largest absolute Gasteiger partial charge is 0.370 e. The van der Waals surface area contributed by atoms with Gasteiger partial charge in [-0.1, -0.05) is 36.8 Å². The highest BCUT2D eigenvalue weighted by molar-refractivity contribution is 7.99. The zero-order valence-corrected chi connectivity index (χ0v) is 10.0. The van der Waals surface area contributed by atoms with Crippen LogP contribution in [0.25, 0.3) is 0 Å². The summed E-state index contributed by atoms with van der Waals surface area (Å²) in [5.74, 6) is 0.716. The van der Waals surface area contributed by atoms with Crippen molar-refractivity contribution in [2.24, 2.45) is 5.73 Å². The predicted molar refractivity (Wildman–Crippen MR) is 65.7 cm³/mol. The van der Waals surface area contributed by atoms with Gasteiger partial charge in [0.1, 0.15) is 0 Å². The van der Waals surface area contributed by atoms with E-state index in [0.29, 0.717) is 11.7 Å². The summed E-state index contributed by atoms with van der Waals surface area (Å²) in [5.41, 5.74) is 7.70. The normalized spacial score (nSPS) is 12.4. The number of primary amides is 1. The maximum absolute atomic E-state index is 10.7. The van der Waals surface area contributed by atoms with E-state index in [0.717, 1.165) is 5.75 Å². The highest BCUT2D eigenvalue weighted by Crippen LogP contribution is 2.19. The molecule has 2 nitrogen and oxygen atoms in total. The topological polar surface area (TPSA) is 43.1 Å². The SMILES string of the molecule is Cc1ccc(CSC(C)CC(N)=O)cc1. The van der Waals surface area contributed by atoms with Crippen LogP contribution in [-0.2, 0) is 10.5 Å². The van der Waals surface area contributed by atoms with E-state index in [9.17, 15) is 4.79 Å². The summed E-state index contributed by atoms with van der Waals surface area (Å²) < 4.78 is 0. The van der Waals surface area contributed by atoms with E-state index < -0.39 is 0 Å². The molecule has 0 saturated carbocycles. The average molecular weight is 223 g/mol. The molecule has 2 N–H and O–H groups in total. The lowest BCUT2D eigenvalue weighted by Crippen LogP contribution is -2.15. The van der Waals surface area contributed by atoms with Gasteiger partial charge in [-0.25, -0.2) is 0 Å². The fourth-order valence-corrected chi connectivity index (χ4v) is 2.22. The molecule has 0 spiro atoms. The van der Waals surface area contributed by atoms with Crippen molar-refractivity contribution in [2.45, 2.75) is 31.3 Å². The number of nitrogens with two attached hydrogens (primary N) is 1. The van der Waals surface area contributed by atoms with E-state index in [2.05, 4.69) is 31.2 Å². The minimum Gasteiger partial charge on any atom is -0.370 e. The van der Waals surface area contributed by atoms with Gasteiger partial charge in [0.2, 0.25) is 5.91 Å². The number of thioether (sulfide) groups is 1. The van der Waals surface area contributed by atoms with Gasteiger partial charge >= 0.3 is 0 Å². The Morgan fingerprint density at radius 1 is 1.40 bits per heavy atom. The highest BCUT2D eigenvalue weighted by atomic mass is 32.2. The number of amides is 1. The fraction of sp³-hybridized carbons (Fsp3) is 0.417. The van der Waals surface area contributed by atoms with Crippen LogP contribution in [0.3, 0.4) is 0 Å². The highest BCUT2D eigenvalue weighted by Gasteiger charge is 2.06. The van der Waals surface area contributed by atoms with Crippen molar-refractivity contribution in [3.8, 4) is 0 Å². The Bertz CT molecular complexity index is 321. The van der Waals surface area contributed by atoms with Crippen molar-refractivity contribution in [3.05, 3.63) is 35.4 Å². The van der Waals surface area contributed by atoms with Crippen molar-refractivity contribution in [2.75, 3.05) is 0 Å². The number of rotatable bonds is 5. The number of carbonyl (C=O) groups is 1. The predicted octanol–water partition coefficient (Wildman–Crippen LogP) is 2.49. The third-order valence-electron chi connectivity index (χ3n) is 2.14. The second-order valence-corrected chi connectivity index (χ2v) is 5.20. The quantitative estimate of drug-likeness (QED) is 0.833. The Morgan fingerprint density at radius 3 is 2.53 bits per heavy atom. The molecule has 0 aromatic heterocycles. The maximum Gasteiger partial charge on any atom is 0.218 e. The van der Waals surface area contributed by atoms with Crippen molar-refractivity contribution in [1.29, 1.82) is 0 Å². The van der Waals surface area contributed by atoms with E-state index in [1.165, 1.54) is 11.1 Å². The third-order valence-corrected chi connectivity index (χ3v) is 3.38. The molecule has 1 unspecified atom stereocenters. The fourth-order valence-electron chi connectivity index (χ4n) is 1.27. The van der Waals surface area contributed by atoms with Gasteiger partial charge in [-0.2, -0.15) is 11.8 Å². The van der Waals surface area contributed by atoms with E-state index in [-0.39, 0.29) is 5.91 Å². The number of hydrogen-bond acceptors (Lipinski definition) is 2. The average Bonchev–Trinajstić information content (AvgIpc) is 2.16. The first kappa shape index (κ1) is 12.1. The molecule has 3 heteroatoms. The molecule has 0 aliphatic heterocycles. The lowest BCUT2D eigenvalue weighted by Gasteiger charge is -2.08. The molecule has 1 aromatic rings. The summed E-state index contributed by atoms with van der Waals surface area (Å²) in [6.07, 6.45) is 0.455. The summed E-state index contributed by atoms with van der Waals surface area (Å²) >= 11 is 1.76. The second-order valence-electron chi connectivity index (χ2n) is 3.78. The van der Waals surface area contributed by atoms with Gasteiger partial charge in [0, 0.05) is 17.4 Å². The van der Waals surface area contributed by atoms with Gasteiger partial charge in [0.15, 0.2) is 0 Å². The lowest BCUT2D eigenvalue weighted by atomic mass is 10.2. The van der Waals surface area contributed by atoms with Crippen molar-refractivity contribution in [3.63, 3.8) is 0 Å². The van der Waals surface area contributed by atoms with Crippen LogP contribution in [0.1, 0.15) is 24.5 Å². The van der Waals surface area contributed by atoms with Gasteiger partial charge in [0.25, 0.3) is 0 Å². The molecule has 1 atom stereocenters. The summed E-state index contributed by atoms with van der Waals surface area (Å²) in [4.78, 5) is 10.7. The van der Waals surface area contributed by atoms with Crippen LogP contribution in [0.5, 0.6) is 0 Å². The molecule has 0 radical (unpaired) electrons. The van der Waals surface area contributed by atoms with Crippen LogP contribution in [0, 0.1) is 6.92 Å². The summed E-state index contributed by atoms with van der Waals surface area (Å²) in [5, 5.41) is 0.295. The van der Waals surface area contributed by atoms with E-state index >= 15 is 0 Å². The monoisotopic (exact) mass is 223 g/mol. The van der Waals surface area contributed by atoms with Gasteiger partial charge in [-0.05, 0) is 12.5 Å². The number of aryl methyl sites for hydroxylation is 1. The summed E-state index contributed by atoms with van der Waals surface area (Å²) in [6, 6.07) is 8.46.